The van der Waals surface area contributed by atoms with Crippen LogP contribution in [-0.4, -0.2) is 36.7 Å². The van der Waals surface area contributed by atoms with Gasteiger partial charge in [0.25, 0.3) is 5.91 Å². The summed E-state index contributed by atoms with van der Waals surface area (Å²) in [5.74, 6) is -0.0616. The number of carbonyl (C=O) groups is 1. The van der Waals surface area contributed by atoms with Crippen LogP contribution in [0.25, 0.3) is 0 Å². The molecule has 1 aliphatic heterocycles. The van der Waals surface area contributed by atoms with Crippen LogP contribution in [0, 0.1) is 5.92 Å². The molecule has 1 aromatic heterocycles. The number of hydrogen-bond acceptors (Lipinski definition) is 4. The fourth-order valence-electron chi connectivity index (χ4n) is 2.97. The zero-order valence-electron chi connectivity index (χ0n) is 14.7. The van der Waals surface area contributed by atoms with Crippen LogP contribution in [0.1, 0.15) is 30.1 Å². The normalized spacial score (nSPS) is 18.3. The van der Waals surface area contributed by atoms with Gasteiger partial charge in [-0.2, -0.15) is 4.31 Å². The molecule has 0 aliphatic carbocycles. The minimum absolute atomic E-state index is 0.120. The minimum Gasteiger partial charge on any atom is -0.322 e. The molecule has 3 rings (SSSR count). The highest BCUT2D eigenvalue weighted by atomic mass is 35.5. The smallest absolute Gasteiger partial charge is 0.257 e. The maximum atomic E-state index is 12.8. The van der Waals surface area contributed by atoms with E-state index in [-0.39, 0.29) is 20.6 Å². The van der Waals surface area contributed by atoms with Gasteiger partial charge in [0.1, 0.15) is 5.15 Å². The van der Waals surface area contributed by atoms with Crippen molar-refractivity contribution in [3.8, 4) is 0 Å². The number of aromatic nitrogens is 1. The first kappa shape index (κ1) is 20.1. The summed E-state index contributed by atoms with van der Waals surface area (Å²) in [6.07, 6.45) is 3.23. The van der Waals surface area contributed by atoms with Crippen molar-refractivity contribution in [1.29, 1.82) is 0 Å². The molecule has 1 aromatic carbocycles. The summed E-state index contributed by atoms with van der Waals surface area (Å²) in [5, 5.41) is 2.98. The third kappa shape index (κ3) is 4.60. The number of rotatable bonds is 4. The Hall–Kier alpha value is -1.67. The van der Waals surface area contributed by atoms with Gasteiger partial charge in [0.15, 0.2) is 0 Å². The zero-order chi connectivity index (χ0) is 19.6. The Morgan fingerprint density at radius 1 is 1.26 bits per heavy atom. The number of anilines is 1. The number of sulfonamides is 1. The molecular formula is C18H19Cl2N3O3S. The lowest BCUT2D eigenvalue weighted by Crippen LogP contribution is -2.39. The van der Waals surface area contributed by atoms with Crippen LogP contribution in [0.3, 0.4) is 0 Å². The summed E-state index contributed by atoms with van der Waals surface area (Å²) in [4.78, 5) is 16.3. The Bertz CT molecular complexity index is 949. The highest BCUT2D eigenvalue weighted by Gasteiger charge is 2.28. The van der Waals surface area contributed by atoms with Gasteiger partial charge in [0, 0.05) is 25.0 Å². The van der Waals surface area contributed by atoms with Gasteiger partial charge >= 0.3 is 0 Å². The molecule has 0 bridgehead atoms. The lowest BCUT2D eigenvalue weighted by Gasteiger charge is -2.30. The molecule has 0 radical (unpaired) electrons. The summed E-state index contributed by atoms with van der Waals surface area (Å²) in [6.45, 7) is 3.12. The number of benzene rings is 1. The SMILES string of the molecule is CC1CCCN(S(=O)(=O)c2ccc(NC(=O)c3cnc(Cl)c(Cl)c3)cc2)C1. The molecule has 2 aromatic rings. The molecule has 2 heterocycles. The van der Waals surface area contributed by atoms with Gasteiger partial charge in [-0.25, -0.2) is 13.4 Å². The monoisotopic (exact) mass is 427 g/mol. The summed E-state index contributed by atoms with van der Waals surface area (Å²) in [6, 6.07) is 7.53. The molecule has 9 heteroatoms. The minimum atomic E-state index is -3.52. The first-order valence-electron chi connectivity index (χ1n) is 8.50. The number of hydrogen-bond donors (Lipinski definition) is 1. The average Bonchev–Trinajstić information content (AvgIpc) is 2.64. The van der Waals surface area contributed by atoms with Crippen molar-refractivity contribution in [2.75, 3.05) is 18.4 Å². The predicted octanol–water partition coefficient (Wildman–Crippen LogP) is 4.06. The molecule has 1 N–H and O–H groups in total. The van der Waals surface area contributed by atoms with Gasteiger partial charge in [0.2, 0.25) is 10.0 Å². The van der Waals surface area contributed by atoms with Gasteiger partial charge in [-0.3, -0.25) is 4.79 Å². The van der Waals surface area contributed by atoms with Crippen molar-refractivity contribution in [2.24, 2.45) is 5.92 Å². The van der Waals surface area contributed by atoms with E-state index in [2.05, 4.69) is 17.2 Å². The Kier molecular flexibility index (Phi) is 6.05. The second-order valence-electron chi connectivity index (χ2n) is 6.59. The first-order valence-corrected chi connectivity index (χ1v) is 10.7. The Labute approximate surface area is 168 Å². The van der Waals surface area contributed by atoms with Gasteiger partial charge in [-0.1, -0.05) is 30.1 Å². The van der Waals surface area contributed by atoms with Crippen molar-refractivity contribution in [1.82, 2.24) is 9.29 Å². The van der Waals surface area contributed by atoms with E-state index in [1.165, 1.54) is 28.7 Å². The number of piperidine rings is 1. The molecule has 1 fully saturated rings. The number of amides is 1. The van der Waals surface area contributed by atoms with Crippen LogP contribution >= 0.6 is 23.2 Å². The molecule has 1 aliphatic rings. The van der Waals surface area contributed by atoms with E-state index in [0.29, 0.717) is 24.7 Å². The fraction of sp³-hybridized carbons (Fsp3) is 0.333. The van der Waals surface area contributed by atoms with Crippen molar-refractivity contribution < 1.29 is 13.2 Å². The van der Waals surface area contributed by atoms with Crippen LogP contribution in [-0.2, 0) is 10.0 Å². The second-order valence-corrected chi connectivity index (χ2v) is 9.29. The van der Waals surface area contributed by atoms with Crippen LogP contribution in [0.4, 0.5) is 5.69 Å². The highest BCUT2D eigenvalue weighted by Crippen LogP contribution is 2.25. The number of nitrogens with zero attached hydrogens (tertiary/aromatic N) is 2. The quantitative estimate of drug-likeness (QED) is 0.745. The van der Waals surface area contributed by atoms with E-state index in [4.69, 9.17) is 23.2 Å². The predicted molar refractivity (Wildman–Crippen MR) is 106 cm³/mol. The molecule has 6 nitrogen and oxygen atoms in total. The fourth-order valence-corrected chi connectivity index (χ4v) is 4.84. The maximum Gasteiger partial charge on any atom is 0.257 e. The Balaban J connectivity index is 1.73. The summed E-state index contributed by atoms with van der Waals surface area (Å²) in [5.41, 5.74) is 0.723. The lowest BCUT2D eigenvalue weighted by molar-refractivity contribution is 0.102. The average molecular weight is 428 g/mol. The van der Waals surface area contributed by atoms with Crippen molar-refractivity contribution >= 4 is 44.8 Å². The van der Waals surface area contributed by atoms with E-state index >= 15 is 0 Å². The number of pyridine rings is 1. The van der Waals surface area contributed by atoms with E-state index in [1.54, 1.807) is 12.1 Å². The van der Waals surface area contributed by atoms with E-state index in [1.807, 2.05) is 0 Å². The maximum absolute atomic E-state index is 12.8. The molecule has 1 amide bonds. The van der Waals surface area contributed by atoms with Crippen molar-refractivity contribution in [3.05, 3.63) is 52.3 Å². The van der Waals surface area contributed by atoms with Crippen LogP contribution in [0.5, 0.6) is 0 Å². The van der Waals surface area contributed by atoms with E-state index < -0.39 is 15.9 Å². The Morgan fingerprint density at radius 2 is 1.96 bits per heavy atom. The van der Waals surface area contributed by atoms with Gasteiger partial charge in [0.05, 0.1) is 15.5 Å². The summed E-state index contributed by atoms with van der Waals surface area (Å²) < 4.78 is 27.0. The molecule has 1 saturated heterocycles. The van der Waals surface area contributed by atoms with Crippen LogP contribution < -0.4 is 5.32 Å². The second kappa shape index (κ2) is 8.14. The van der Waals surface area contributed by atoms with Crippen molar-refractivity contribution in [3.63, 3.8) is 0 Å². The molecule has 27 heavy (non-hydrogen) atoms. The third-order valence-electron chi connectivity index (χ3n) is 4.43. The van der Waals surface area contributed by atoms with Gasteiger partial charge < -0.3 is 5.32 Å². The summed E-state index contributed by atoms with van der Waals surface area (Å²) in [7, 11) is -3.52. The number of halogens is 2. The van der Waals surface area contributed by atoms with E-state index in [0.717, 1.165) is 12.8 Å². The van der Waals surface area contributed by atoms with Crippen LogP contribution in [0.15, 0.2) is 41.4 Å². The van der Waals surface area contributed by atoms with E-state index in [9.17, 15) is 13.2 Å². The highest BCUT2D eigenvalue weighted by molar-refractivity contribution is 7.89. The standard InChI is InChI=1S/C18H19Cl2N3O3S/c1-12-3-2-8-23(11-12)27(25,26)15-6-4-14(5-7-15)22-18(24)13-9-16(19)17(20)21-10-13/h4-7,9-10,12H,2-3,8,11H2,1H3,(H,22,24). The molecule has 1 atom stereocenters. The molecule has 0 spiro atoms. The molecule has 144 valence electrons. The first-order chi connectivity index (χ1) is 12.8. The van der Waals surface area contributed by atoms with Gasteiger partial charge in [-0.05, 0) is 49.1 Å². The number of carbonyl (C=O) groups excluding carboxylic acids is 1. The topological polar surface area (TPSA) is 79.4 Å². The van der Waals surface area contributed by atoms with Crippen LogP contribution in [0.2, 0.25) is 10.2 Å². The third-order valence-corrected chi connectivity index (χ3v) is 6.99. The van der Waals surface area contributed by atoms with Gasteiger partial charge in [-0.15, -0.1) is 0 Å². The summed E-state index contributed by atoms with van der Waals surface area (Å²) >= 11 is 11.6. The molecular weight excluding hydrogens is 409 g/mol. The zero-order valence-corrected chi connectivity index (χ0v) is 17.0. The number of nitrogens with one attached hydrogen (secondary N) is 1. The largest absolute Gasteiger partial charge is 0.322 e. The lowest BCUT2D eigenvalue weighted by atomic mass is 10.0. The molecule has 1 unspecified atom stereocenters. The molecule has 0 saturated carbocycles. The Morgan fingerprint density at radius 3 is 2.59 bits per heavy atom. The van der Waals surface area contributed by atoms with Crippen molar-refractivity contribution in [2.45, 2.75) is 24.7 Å².